The Labute approximate surface area is 213 Å². The molecular weight excluding hydrogens is 571 g/mol. The van der Waals surface area contributed by atoms with E-state index in [9.17, 15) is 23.1 Å². The summed E-state index contributed by atoms with van der Waals surface area (Å²) in [6, 6.07) is 12.1. The predicted octanol–water partition coefficient (Wildman–Crippen LogP) is 1.95. The minimum absolute atomic E-state index is 0.174. The third-order valence-corrected chi connectivity index (χ3v) is 7.42. The number of carbonyl (C=O) groups excluding carboxylic acids is 3. The Balaban J connectivity index is 1.52. The maximum atomic E-state index is 13.2. The molecule has 1 fully saturated rings. The standard InChI is InChI=1S/C23H25IN4O5S/c24-16-9-7-15(8-10-16)13-18(23(31)27-11-3-4-12-27)25-21(29)14-20-22(30)26-17-5-1-2-6-19(17)28(20)34(32)33/h1-2,5-10,18,20H,3-4,11-14H2,(H,25,29)(H,26,30)(H,32,33)/p-1/t18-,20?/m1/s1. The summed E-state index contributed by atoms with van der Waals surface area (Å²) in [7, 11) is 0. The quantitative estimate of drug-likeness (QED) is 0.375. The topological polar surface area (TPSA) is 122 Å². The number of nitrogens with zero attached hydrogens (tertiary/aromatic N) is 2. The SMILES string of the molecule is O=C(CC1C(=O)Nc2ccccc2N1S(=O)[O-])N[C@H](Cc1ccc(I)cc1)C(=O)N1CCCC1. The number of nitrogens with one attached hydrogen (secondary N) is 2. The van der Waals surface area contributed by atoms with Crippen LogP contribution in [0.3, 0.4) is 0 Å². The molecule has 3 atom stereocenters. The van der Waals surface area contributed by atoms with Gasteiger partial charge in [-0.05, 0) is 65.3 Å². The number of hydrogen-bond acceptors (Lipinski definition) is 5. The predicted molar refractivity (Wildman–Crippen MR) is 135 cm³/mol. The molecule has 2 unspecified atom stereocenters. The zero-order chi connectivity index (χ0) is 24.2. The Morgan fingerprint density at radius 2 is 1.82 bits per heavy atom. The lowest BCUT2D eigenvalue weighted by Gasteiger charge is -2.38. The highest BCUT2D eigenvalue weighted by Crippen LogP contribution is 2.33. The molecule has 1 saturated heterocycles. The number of halogens is 1. The fourth-order valence-electron chi connectivity index (χ4n) is 4.26. The number of hydrogen-bond donors (Lipinski definition) is 2. The number of anilines is 2. The smallest absolute Gasteiger partial charge is 0.248 e. The molecule has 0 bridgehead atoms. The first-order valence-corrected chi connectivity index (χ1v) is 13.1. The molecule has 0 aromatic heterocycles. The molecule has 9 nitrogen and oxygen atoms in total. The largest absolute Gasteiger partial charge is 0.755 e. The highest BCUT2D eigenvalue weighted by molar-refractivity contribution is 14.1. The monoisotopic (exact) mass is 595 g/mol. The summed E-state index contributed by atoms with van der Waals surface area (Å²) in [6.07, 6.45) is 1.73. The molecule has 3 amide bonds. The van der Waals surface area contributed by atoms with E-state index in [2.05, 4.69) is 33.2 Å². The van der Waals surface area contributed by atoms with Crippen molar-refractivity contribution in [2.24, 2.45) is 0 Å². The average molecular weight is 595 g/mol. The van der Waals surface area contributed by atoms with Crippen LogP contribution in [0.2, 0.25) is 0 Å². The van der Waals surface area contributed by atoms with Gasteiger partial charge in [0.1, 0.15) is 12.1 Å². The van der Waals surface area contributed by atoms with Crippen molar-refractivity contribution in [1.29, 1.82) is 0 Å². The second kappa shape index (κ2) is 10.8. The van der Waals surface area contributed by atoms with E-state index in [0.29, 0.717) is 25.2 Å². The first kappa shape index (κ1) is 24.6. The van der Waals surface area contributed by atoms with Gasteiger partial charge in [-0.2, -0.15) is 0 Å². The van der Waals surface area contributed by atoms with Crippen molar-refractivity contribution in [3.05, 3.63) is 57.7 Å². The van der Waals surface area contributed by atoms with Crippen molar-refractivity contribution >= 4 is 63.0 Å². The van der Waals surface area contributed by atoms with Crippen molar-refractivity contribution in [2.75, 3.05) is 22.7 Å². The summed E-state index contributed by atoms with van der Waals surface area (Å²) in [5.41, 5.74) is 1.54. The third-order valence-electron chi connectivity index (χ3n) is 5.93. The molecular formula is C23H24IN4O5S-. The molecule has 2 heterocycles. The molecule has 0 saturated carbocycles. The molecule has 0 spiro atoms. The van der Waals surface area contributed by atoms with Gasteiger partial charge in [-0.15, -0.1) is 0 Å². The van der Waals surface area contributed by atoms with E-state index in [-0.39, 0.29) is 11.6 Å². The zero-order valence-electron chi connectivity index (χ0n) is 18.2. The lowest BCUT2D eigenvalue weighted by Crippen LogP contribution is -2.53. The van der Waals surface area contributed by atoms with Crippen LogP contribution in [0.15, 0.2) is 48.5 Å². The van der Waals surface area contributed by atoms with E-state index in [1.165, 1.54) is 0 Å². The second-order valence-corrected chi connectivity index (χ2v) is 10.3. The number of likely N-dealkylation sites (tertiary alicyclic amines) is 1. The number of rotatable bonds is 7. The van der Waals surface area contributed by atoms with Crippen LogP contribution >= 0.6 is 22.6 Å². The van der Waals surface area contributed by atoms with Crippen LogP contribution in [0.1, 0.15) is 24.8 Å². The van der Waals surface area contributed by atoms with Crippen LogP contribution in [0.5, 0.6) is 0 Å². The number of fused-ring (bicyclic) bond motifs is 1. The van der Waals surface area contributed by atoms with E-state index >= 15 is 0 Å². The molecule has 2 aliphatic heterocycles. The summed E-state index contributed by atoms with van der Waals surface area (Å²) >= 11 is -0.575. The fraction of sp³-hybridized carbons (Fsp3) is 0.348. The summed E-state index contributed by atoms with van der Waals surface area (Å²) in [5.74, 6) is -1.34. The number of benzene rings is 2. The van der Waals surface area contributed by atoms with Gasteiger partial charge in [0.05, 0.1) is 17.8 Å². The summed E-state index contributed by atoms with van der Waals surface area (Å²) < 4.78 is 25.9. The Bertz CT molecular complexity index is 1110. The molecule has 11 heteroatoms. The van der Waals surface area contributed by atoms with Crippen LogP contribution in [0.4, 0.5) is 11.4 Å². The normalized spacial score (nSPS) is 19.2. The molecule has 2 aromatic carbocycles. The van der Waals surface area contributed by atoms with Gasteiger partial charge >= 0.3 is 0 Å². The molecule has 0 aliphatic carbocycles. The average Bonchev–Trinajstić information content (AvgIpc) is 3.35. The Morgan fingerprint density at radius 3 is 2.50 bits per heavy atom. The van der Waals surface area contributed by atoms with Gasteiger partial charge in [-0.25, -0.2) is 0 Å². The van der Waals surface area contributed by atoms with Crippen LogP contribution in [-0.4, -0.2) is 56.6 Å². The molecule has 0 radical (unpaired) electrons. The van der Waals surface area contributed by atoms with Crippen LogP contribution in [0.25, 0.3) is 0 Å². The van der Waals surface area contributed by atoms with E-state index < -0.39 is 41.6 Å². The summed E-state index contributed by atoms with van der Waals surface area (Å²) in [6.45, 7) is 1.28. The Hall–Kier alpha value is -2.51. The maximum absolute atomic E-state index is 13.2. The second-order valence-electron chi connectivity index (χ2n) is 8.25. The first-order chi connectivity index (χ1) is 16.3. The fourth-order valence-corrected chi connectivity index (χ4v) is 5.32. The molecule has 2 aliphatic rings. The number of carbonyl (C=O) groups is 3. The van der Waals surface area contributed by atoms with Gasteiger partial charge in [-0.3, -0.25) is 22.9 Å². The number of para-hydroxylation sites is 2. The van der Waals surface area contributed by atoms with Crippen LogP contribution in [0, 0.1) is 3.57 Å². The van der Waals surface area contributed by atoms with E-state index in [0.717, 1.165) is 26.3 Å². The minimum atomic E-state index is -2.77. The third kappa shape index (κ3) is 5.58. The van der Waals surface area contributed by atoms with Crippen molar-refractivity contribution < 1.29 is 23.1 Å². The van der Waals surface area contributed by atoms with Gasteiger partial charge in [0.2, 0.25) is 17.7 Å². The highest BCUT2D eigenvalue weighted by atomic mass is 127. The minimum Gasteiger partial charge on any atom is -0.755 e. The van der Waals surface area contributed by atoms with Crippen molar-refractivity contribution in [1.82, 2.24) is 10.2 Å². The van der Waals surface area contributed by atoms with Crippen LogP contribution < -0.4 is 14.9 Å². The zero-order valence-corrected chi connectivity index (χ0v) is 21.2. The van der Waals surface area contributed by atoms with E-state index in [1.54, 1.807) is 29.2 Å². The van der Waals surface area contributed by atoms with Gasteiger partial charge in [-0.1, -0.05) is 24.3 Å². The molecule has 2 aromatic rings. The van der Waals surface area contributed by atoms with Crippen molar-refractivity contribution in [3.8, 4) is 0 Å². The van der Waals surface area contributed by atoms with Gasteiger partial charge < -0.3 is 20.1 Å². The van der Waals surface area contributed by atoms with E-state index in [1.807, 2.05) is 24.3 Å². The summed E-state index contributed by atoms with van der Waals surface area (Å²) in [5, 5.41) is 5.42. The Kier molecular flexibility index (Phi) is 7.84. The number of amides is 3. The van der Waals surface area contributed by atoms with E-state index in [4.69, 9.17) is 0 Å². The molecule has 180 valence electrons. The van der Waals surface area contributed by atoms with Gasteiger partial charge in [0, 0.05) is 34.3 Å². The Morgan fingerprint density at radius 1 is 1.15 bits per heavy atom. The highest BCUT2D eigenvalue weighted by Gasteiger charge is 2.36. The lowest BCUT2D eigenvalue weighted by molar-refractivity contribution is -0.135. The maximum Gasteiger partial charge on any atom is 0.248 e. The van der Waals surface area contributed by atoms with Crippen LogP contribution in [-0.2, 0) is 32.1 Å². The van der Waals surface area contributed by atoms with Gasteiger partial charge in [0.15, 0.2) is 0 Å². The summed E-state index contributed by atoms with van der Waals surface area (Å²) in [4.78, 5) is 40.6. The lowest BCUT2D eigenvalue weighted by atomic mass is 10.0. The first-order valence-electron chi connectivity index (χ1n) is 10.9. The van der Waals surface area contributed by atoms with Gasteiger partial charge in [0.25, 0.3) is 0 Å². The molecule has 34 heavy (non-hydrogen) atoms. The van der Waals surface area contributed by atoms with Crippen molar-refractivity contribution in [3.63, 3.8) is 0 Å². The van der Waals surface area contributed by atoms with Crippen molar-refractivity contribution in [2.45, 2.75) is 37.8 Å². The molecule has 4 rings (SSSR count). The molecule has 2 N–H and O–H groups in total.